The number of nitrogens with one attached hydrogen (secondary N) is 1. The second kappa shape index (κ2) is 5.56. The van der Waals surface area contributed by atoms with Crippen LogP contribution in [0.1, 0.15) is 15.4 Å². The predicted octanol–water partition coefficient (Wildman–Crippen LogP) is 5.12. The molecule has 23 heavy (non-hydrogen) atoms. The lowest BCUT2D eigenvalue weighted by atomic mass is 10.2. The van der Waals surface area contributed by atoms with Gasteiger partial charge >= 0.3 is 0 Å². The molecule has 0 spiro atoms. The minimum atomic E-state index is -0.225. The molecule has 0 radical (unpaired) electrons. The average molecular weight is 360 g/mol. The fraction of sp³-hybridized carbons (Fsp3) is 0.0625. The van der Waals surface area contributed by atoms with Crippen molar-refractivity contribution in [3.05, 3.63) is 52.0 Å². The number of anilines is 1. The maximum atomic E-state index is 12.3. The van der Waals surface area contributed by atoms with Crippen LogP contribution in [0.4, 0.5) is 5.13 Å². The largest absolute Gasteiger partial charge is 0.298 e. The standard InChI is InChI=1S/C16H10ClN3OS2/c1-8-18-13-12(22-8)6-5-11-14(13)23-16(19-11)20-15(21)9-3-2-4-10(17)7-9/h2-7H,1H3,(H,19,20,21). The molecule has 4 aromatic rings. The van der Waals surface area contributed by atoms with E-state index in [0.29, 0.717) is 15.7 Å². The molecule has 7 heteroatoms. The molecule has 0 unspecified atom stereocenters. The van der Waals surface area contributed by atoms with Crippen LogP contribution in [-0.2, 0) is 0 Å². The first-order chi connectivity index (χ1) is 11.1. The smallest absolute Gasteiger partial charge is 0.257 e. The van der Waals surface area contributed by atoms with Crippen LogP contribution in [0.2, 0.25) is 5.02 Å². The zero-order valence-electron chi connectivity index (χ0n) is 12.0. The normalized spacial score (nSPS) is 11.2. The van der Waals surface area contributed by atoms with Gasteiger partial charge < -0.3 is 0 Å². The van der Waals surface area contributed by atoms with Gasteiger partial charge in [0.2, 0.25) is 0 Å². The number of carbonyl (C=O) groups excluding carboxylic acids is 1. The summed E-state index contributed by atoms with van der Waals surface area (Å²) in [5.41, 5.74) is 2.30. The average Bonchev–Trinajstić information content (AvgIpc) is 3.08. The third kappa shape index (κ3) is 2.69. The molecule has 114 valence electrons. The number of hydrogen-bond donors (Lipinski definition) is 1. The van der Waals surface area contributed by atoms with Crippen molar-refractivity contribution in [1.82, 2.24) is 9.97 Å². The Hall–Kier alpha value is -2.02. The van der Waals surface area contributed by atoms with E-state index in [4.69, 9.17) is 11.6 Å². The number of benzene rings is 2. The lowest BCUT2D eigenvalue weighted by molar-refractivity contribution is 0.102. The van der Waals surface area contributed by atoms with Gasteiger partial charge in [0.25, 0.3) is 5.91 Å². The van der Waals surface area contributed by atoms with Crippen LogP contribution in [0.25, 0.3) is 20.4 Å². The monoisotopic (exact) mass is 359 g/mol. The third-order valence-corrected chi connectivity index (χ3v) is 5.49. The van der Waals surface area contributed by atoms with Crippen molar-refractivity contribution in [2.75, 3.05) is 5.32 Å². The van der Waals surface area contributed by atoms with E-state index in [9.17, 15) is 4.79 Å². The van der Waals surface area contributed by atoms with Crippen LogP contribution in [0.15, 0.2) is 36.4 Å². The number of aryl methyl sites for hydroxylation is 1. The Morgan fingerprint density at radius 3 is 2.87 bits per heavy atom. The van der Waals surface area contributed by atoms with E-state index < -0.39 is 0 Å². The lowest BCUT2D eigenvalue weighted by Crippen LogP contribution is -2.11. The second-order valence-electron chi connectivity index (χ2n) is 4.98. The van der Waals surface area contributed by atoms with Gasteiger partial charge in [0.15, 0.2) is 5.13 Å². The molecule has 2 aromatic carbocycles. The van der Waals surface area contributed by atoms with Gasteiger partial charge in [0.1, 0.15) is 5.52 Å². The van der Waals surface area contributed by atoms with Crippen LogP contribution in [0, 0.1) is 6.92 Å². The molecule has 1 N–H and O–H groups in total. The summed E-state index contributed by atoms with van der Waals surface area (Å²) >= 11 is 9.01. The van der Waals surface area contributed by atoms with E-state index in [1.807, 2.05) is 19.1 Å². The number of halogens is 1. The van der Waals surface area contributed by atoms with Gasteiger partial charge in [-0.3, -0.25) is 10.1 Å². The molecular weight excluding hydrogens is 350 g/mol. The molecule has 4 rings (SSSR count). The topological polar surface area (TPSA) is 54.9 Å². The van der Waals surface area contributed by atoms with Gasteiger partial charge in [-0.25, -0.2) is 9.97 Å². The maximum absolute atomic E-state index is 12.3. The molecule has 2 heterocycles. The first kappa shape index (κ1) is 14.6. The summed E-state index contributed by atoms with van der Waals surface area (Å²) in [5.74, 6) is -0.225. The summed E-state index contributed by atoms with van der Waals surface area (Å²) in [5, 5.41) is 4.94. The number of rotatable bonds is 2. The molecule has 0 bridgehead atoms. The Balaban J connectivity index is 1.72. The van der Waals surface area contributed by atoms with Crippen LogP contribution >= 0.6 is 34.3 Å². The molecule has 0 atom stereocenters. The van der Waals surface area contributed by atoms with Gasteiger partial charge in [0, 0.05) is 10.6 Å². The molecule has 4 nitrogen and oxygen atoms in total. The minimum absolute atomic E-state index is 0.225. The summed E-state index contributed by atoms with van der Waals surface area (Å²) in [6.45, 7) is 1.99. The van der Waals surface area contributed by atoms with E-state index >= 15 is 0 Å². The van der Waals surface area contributed by atoms with E-state index in [1.165, 1.54) is 11.3 Å². The van der Waals surface area contributed by atoms with Gasteiger partial charge in [-0.1, -0.05) is 29.0 Å². The van der Waals surface area contributed by atoms with Crippen molar-refractivity contribution in [1.29, 1.82) is 0 Å². The number of fused-ring (bicyclic) bond motifs is 3. The van der Waals surface area contributed by atoms with Crippen molar-refractivity contribution in [3.63, 3.8) is 0 Å². The zero-order valence-corrected chi connectivity index (χ0v) is 14.4. The quantitative estimate of drug-likeness (QED) is 0.540. The highest BCUT2D eigenvalue weighted by atomic mass is 35.5. The Kier molecular flexibility index (Phi) is 3.52. The first-order valence-electron chi connectivity index (χ1n) is 6.84. The summed E-state index contributed by atoms with van der Waals surface area (Å²) in [4.78, 5) is 21.3. The number of carbonyl (C=O) groups is 1. The van der Waals surface area contributed by atoms with Gasteiger partial charge in [-0.2, -0.15) is 0 Å². The SMILES string of the molecule is Cc1nc2c(ccc3nc(NC(=O)c4cccc(Cl)c4)sc32)s1. The molecule has 0 saturated carbocycles. The van der Waals surface area contributed by atoms with Gasteiger partial charge in [0.05, 0.1) is 19.9 Å². The molecule has 0 saturated heterocycles. The van der Waals surface area contributed by atoms with Crippen molar-refractivity contribution < 1.29 is 4.79 Å². The summed E-state index contributed by atoms with van der Waals surface area (Å²) < 4.78 is 2.12. The number of aromatic nitrogens is 2. The fourth-order valence-electron chi connectivity index (χ4n) is 2.34. The second-order valence-corrected chi connectivity index (χ2v) is 7.65. The summed E-state index contributed by atoms with van der Waals surface area (Å²) in [6.07, 6.45) is 0. The Morgan fingerprint density at radius 1 is 1.17 bits per heavy atom. The zero-order chi connectivity index (χ0) is 16.0. The molecule has 1 amide bonds. The van der Waals surface area contributed by atoms with E-state index in [2.05, 4.69) is 15.3 Å². The first-order valence-corrected chi connectivity index (χ1v) is 8.85. The molecule has 0 fully saturated rings. The van der Waals surface area contributed by atoms with Gasteiger partial charge in [-0.15, -0.1) is 11.3 Å². The van der Waals surface area contributed by atoms with Crippen molar-refractivity contribution in [2.24, 2.45) is 0 Å². The Labute approximate surface area is 144 Å². The molecule has 0 aliphatic carbocycles. The Morgan fingerprint density at radius 2 is 2.04 bits per heavy atom. The van der Waals surface area contributed by atoms with Crippen LogP contribution < -0.4 is 5.32 Å². The maximum Gasteiger partial charge on any atom is 0.257 e. The number of thiazole rings is 2. The molecular formula is C16H10ClN3OS2. The predicted molar refractivity (Wildman–Crippen MR) is 96.9 cm³/mol. The van der Waals surface area contributed by atoms with Gasteiger partial charge in [-0.05, 0) is 37.3 Å². The van der Waals surface area contributed by atoms with Crippen molar-refractivity contribution in [3.8, 4) is 0 Å². The van der Waals surface area contributed by atoms with Crippen molar-refractivity contribution in [2.45, 2.75) is 6.92 Å². The van der Waals surface area contributed by atoms with E-state index in [-0.39, 0.29) is 5.91 Å². The van der Waals surface area contributed by atoms with Crippen LogP contribution in [0.5, 0.6) is 0 Å². The van der Waals surface area contributed by atoms with Crippen LogP contribution in [-0.4, -0.2) is 15.9 Å². The number of hydrogen-bond acceptors (Lipinski definition) is 5. The highest BCUT2D eigenvalue weighted by Gasteiger charge is 2.13. The molecule has 2 aromatic heterocycles. The highest BCUT2D eigenvalue weighted by Crippen LogP contribution is 2.34. The van der Waals surface area contributed by atoms with E-state index in [0.717, 1.165) is 25.4 Å². The highest BCUT2D eigenvalue weighted by molar-refractivity contribution is 7.24. The molecule has 0 aliphatic heterocycles. The molecule has 0 aliphatic rings. The van der Waals surface area contributed by atoms with Crippen molar-refractivity contribution >= 4 is 65.7 Å². The third-order valence-electron chi connectivity index (χ3n) is 3.33. The fourth-order valence-corrected chi connectivity index (χ4v) is 4.38. The number of amides is 1. The lowest BCUT2D eigenvalue weighted by Gasteiger charge is -2.01. The number of nitrogens with zero attached hydrogens (tertiary/aromatic N) is 2. The van der Waals surface area contributed by atoms with Crippen LogP contribution in [0.3, 0.4) is 0 Å². The Bertz CT molecular complexity index is 1050. The minimum Gasteiger partial charge on any atom is -0.298 e. The summed E-state index contributed by atoms with van der Waals surface area (Å²) in [6, 6.07) is 10.8. The van der Waals surface area contributed by atoms with E-state index in [1.54, 1.807) is 35.6 Å². The summed E-state index contributed by atoms with van der Waals surface area (Å²) in [7, 11) is 0.